The summed E-state index contributed by atoms with van der Waals surface area (Å²) in [5.74, 6) is 0. The van der Waals surface area contributed by atoms with E-state index in [1.54, 1.807) is 6.07 Å². The van der Waals surface area contributed by atoms with Gasteiger partial charge in [0.2, 0.25) is 5.43 Å². The second-order valence-corrected chi connectivity index (χ2v) is 5.99. The van der Waals surface area contributed by atoms with Crippen molar-refractivity contribution in [1.29, 1.82) is 0 Å². The van der Waals surface area contributed by atoms with Gasteiger partial charge in [0, 0.05) is 28.0 Å². The maximum absolute atomic E-state index is 12.1. The van der Waals surface area contributed by atoms with E-state index < -0.39 is 0 Å². The first-order valence-corrected chi connectivity index (χ1v) is 7.04. The molecule has 0 radical (unpaired) electrons. The zero-order valence-corrected chi connectivity index (χ0v) is 12.7. The lowest BCUT2D eigenvalue weighted by atomic mass is 10.0. The molecule has 1 aliphatic heterocycles. The molecule has 1 aliphatic carbocycles. The molecule has 0 bridgehead atoms. The summed E-state index contributed by atoms with van der Waals surface area (Å²) in [6.45, 7) is 0. The summed E-state index contributed by atoms with van der Waals surface area (Å²) >= 11 is 6.75. The molecule has 0 spiro atoms. The van der Waals surface area contributed by atoms with Crippen LogP contribution in [-0.4, -0.2) is 4.57 Å². The molecule has 4 heteroatoms. The molecule has 2 nitrogen and oxygen atoms in total. The van der Waals surface area contributed by atoms with Crippen molar-refractivity contribution in [2.24, 2.45) is 7.05 Å². The van der Waals surface area contributed by atoms with E-state index >= 15 is 0 Å². The molecule has 0 fully saturated rings. The second-order valence-electron chi connectivity index (χ2n) is 4.22. The summed E-state index contributed by atoms with van der Waals surface area (Å²) in [5.41, 5.74) is 2.81. The molecule has 0 saturated carbocycles. The normalized spacial score (nSPS) is 11.3. The summed E-state index contributed by atoms with van der Waals surface area (Å²) in [4.78, 5) is 12.1. The van der Waals surface area contributed by atoms with Gasteiger partial charge in [0.05, 0.1) is 10.2 Å². The van der Waals surface area contributed by atoms with E-state index in [1.165, 1.54) is 0 Å². The summed E-state index contributed by atoms with van der Waals surface area (Å²) in [6.07, 6.45) is 0. The number of fused-ring (bicyclic) bond motifs is 2. The molecule has 1 heterocycles. The Morgan fingerprint density at radius 3 is 2.61 bits per heavy atom. The van der Waals surface area contributed by atoms with Gasteiger partial charge in [-0.2, -0.15) is 0 Å². The SMILES string of the molecule is Cn1c2ccc(Br)c(=O)c-2cc2cc(Br)ccc21. The first-order valence-electron chi connectivity index (χ1n) is 5.45. The smallest absolute Gasteiger partial charge is 0.202 e. The van der Waals surface area contributed by atoms with Crippen molar-refractivity contribution in [3.05, 3.63) is 55.6 Å². The predicted molar refractivity (Wildman–Crippen MR) is 81.2 cm³/mol. The van der Waals surface area contributed by atoms with Gasteiger partial charge in [-0.1, -0.05) is 15.9 Å². The van der Waals surface area contributed by atoms with Crippen LogP contribution in [0.2, 0.25) is 0 Å². The third kappa shape index (κ3) is 1.71. The average Bonchev–Trinajstić information content (AvgIpc) is 2.34. The topological polar surface area (TPSA) is 22.0 Å². The van der Waals surface area contributed by atoms with E-state index in [4.69, 9.17) is 0 Å². The fourth-order valence-corrected chi connectivity index (χ4v) is 2.95. The van der Waals surface area contributed by atoms with Crippen LogP contribution in [0.25, 0.3) is 22.2 Å². The van der Waals surface area contributed by atoms with E-state index in [1.807, 2.05) is 41.9 Å². The van der Waals surface area contributed by atoms with Crippen LogP contribution in [0.1, 0.15) is 0 Å². The molecule has 0 N–H and O–H groups in total. The molecule has 0 amide bonds. The van der Waals surface area contributed by atoms with E-state index in [-0.39, 0.29) is 5.43 Å². The molecule has 0 unspecified atom stereocenters. The van der Waals surface area contributed by atoms with E-state index in [9.17, 15) is 4.79 Å². The van der Waals surface area contributed by atoms with Crippen molar-refractivity contribution in [2.45, 2.75) is 0 Å². The lowest BCUT2D eigenvalue weighted by Crippen LogP contribution is -2.11. The lowest BCUT2D eigenvalue weighted by Gasteiger charge is -2.15. The third-order valence-corrected chi connectivity index (χ3v) is 4.25. The second kappa shape index (κ2) is 4.21. The van der Waals surface area contributed by atoms with Crippen LogP contribution in [0.15, 0.2) is 50.1 Å². The summed E-state index contributed by atoms with van der Waals surface area (Å²) in [5, 5.41) is 1.05. The number of aryl methyl sites for hydroxylation is 1. The molecular weight excluding hydrogens is 358 g/mol. The molecule has 1 aromatic carbocycles. The molecule has 0 atom stereocenters. The minimum atomic E-state index is 0.0324. The fraction of sp³-hybridized carbons (Fsp3) is 0.0714. The third-order valence-electron chi connectivity index (χ3n) is 3.14. The Bertz CT molecular complexity index is 792. The van der Waals surface area contributed by atoms with Crippen molar-refractivity contribution in [1.82, 2.24) is 4.57 Å². The Morgan fingerprint density at radius 2 is 1.83 bits per heavy atom. The summed E-state index contributed by atoms with van der Waals surface area (Å²) in [7, 11) is 1.98. The van der Waals surface area contributed by atoms with Gasteiger partial charge in [-0.25, -0.2) is 0 Å². The minimum Gasteiger partial charge on any atom is -0.344 e. The van der Waals surface area contributed by atoms with Crippen LogP contribution >= 0.6 is 31.9 Å². The quantitative estimate of drug-likeness (QED) is 0.547. The number of rotatable bonds is 0. The Kier molecular flexibility index (Phi) is 2.79. The zero-order chi connectivity index (χ0) is 12.9. The van der Waals surface area contributed by atoms with Crippen molar-refractivity contribution < 1.29 is 0 Å². The van der Waals surface area contributed by atoms with E-state index in [0.29, 0.717) is 4.47 Å². The molecular formula is C14H9Br2NO. The van der Waals surface area contributed by atoms with Gasteiger partial charge in [0.25, 0.3) is 0 Å². The highest BCUT2D eigenvalue weighted by Crippen LogP contribution is 2.28. The van der Waals surface area contributed by atoms with E-state index in [0.717, 1.165) is 26.6 Å². The maximum Gasteiger partial charge on any atom is 0.202 e. The van der Waals surface area contributed by atoms with Gasteiger partial charge in [-0.3, -0.25) is 4.79 Å². The summed E-state index contributed by atoms with van der Waals surface area (Å²) < 4.78 is 3.66. The standard InChI is InChI=1S/C14H9Br2NO/c1-17-12-4-2-9(15)6-8(12)7-10-13(17)5-3-11(16)14(10)18/h2-7H,1H3. The van der Waals surface area contributed by atoms with Gasteiger partial charge in [-0.05, 0) is 52.3 Å². The zero-order valence-electron chi connectivity index (χ0n) is 9.58. The first-order chi connectivity index (χ1) is 8.58. The highest BCUT2D eigenvalue weighted by Gasteiger charge is 2.13. The van der Waals surface area contributed by atoms with Crippen molar-refractivity contribution in [3.8, 4) is 11.3 Å². The van der Waals surface area contributed by atoms with Crippen LogP contribution < -0.4 is 5.43 Å². The Hall–Kier alpha value is -1.13. The van der Waals surface area contributed by atoms with Gasteiger partial charge in [0.15, 0.2) is 0 Å². The average molecular weight is 367 g/mol. The molecule has 18 heavy (non-hydrogen) atoms. The van der Waals surface area contributed by atoms with Gasteiger partial charge < -0.3 is 4.57 Å². The highest BCUT2D eigenvalue weighted by atomic mass is 79.9. The van der Waals surface area contributed by atoms with Gasteiger partial charge in [0.1, 0.15) is 0 Å². The molecule has 90 valence electrons. The monoisotopic (exact) mass is 365 g/mol. The van der Waals surface area contributed by atoms with Crippen molar-refractivity contribution in [3.63, 3.8) is 0 Å². The number of aromatic nitrogens is 1. The fourth-order valence-electron chi connectivity index (χ4n) is 2.23. The molecule has 2 aliphatic rings. The molecule has 1 aromatic rings. The maximum atomic E-state index is 12.1. The Balaban J connectivity index is 2.57. The van der Waals surface area contributed by atoms with Crippen LogP contribution in [0.4, 0.5) is 0 Å². The number of pyridine rings is 1. The number of hydrogen-bond donors (Lipinski definition) is 0. The predicted octanol–water partition coefficient (Wildman–Crippen LogP) is 4.17. The molecule has 0 aromatic heterocycles. The van der Waals surface area contributed by atoms with Crippen LogP contribution in [0.5, 0.6) is 0 Å². The number of nitrogens with zero attached hydrogens (tertiary/aromatic N) is 1. The van der Waals surface area contributed by atoms with Gasteiger partial charge in [-0.15, -0.1) is 0 Å². The summed E-state index contributed by atoms with van der Waals surface area (Å²) in [6, 6.07) is 11.8. The van der Waals surface area contributed by atoms with Crippen LogP contribution in [0.3, 0.4) is 0 Å². The van der Waals surface area contributed by atoms with Crippen LogP contribution in [0, 0.1) is 0 Å². The van der Waals surface area contributed by atoms with Crippen molar-refractivity contribution >= 4 is 42.8 Å². The van der Waals surface area contributed by atoms with E-state index in [2.05, 4.69) is 31.9 Å². The lowest BCUT2D eigenvalue weighted by molar-refractivity contribution is 0.959. The largest absolute Gasteiger partial charge is 0.344 e. The molecule has 3 rings (SSSR count). The Labute approximate surface area is 121 Å². The van der Waals surface area contributed by atoms with Gasteiger partial charge >= 0.3 is 0 Å². The van der Waals surface area contributed by atoms with Crippen LogP contribution in [-0.2, 0) is 7.05 Å². The van der Waals surface area contributed by atoms with Crippen molar-refractivity contribution in [2.75, 3.05) is 0 Å². The minimum absolute atomic E-state index is 0.0324. The number of hydrogen-bond acceptors (Lipinski definition) is 1. The first kappa shape index (κ1) is 11.9. The Morgan fingerprint density at radius 1 is 1.06 bits per heavy atom. The molecule has 0 saturated heterocycles. The number of halogens is 2. The number of benzene rings is 2. The highest BCUT2D eigenvalue weighted by molar-refractivity contribution is 9.10.